The molecule has 0 aromatic heterocycles. The fraction of sp³-hybridized carbons (Fsp3) is 0.474. The number of hydrogen-bond donors (Lipinski definition) is 2. The summed E-state index contributed by atoms with van der Waals surface area (Å²) in [6.07, 6.45) is 2.16. The number of fused-ring (bicyclic) bond motifs is 1. The van der Waals surface area contributed by atoms with Crippen molar-refractivity contribution in [2.45, 2.75) is 31.7 Å². The molecule has 1 aromatic rings. The van der Waals surface area contributed by atoms with E-state index in [4.69, 9.17) is 4.74 Å². The number of imide groups is 2. The third kappa shape index (κ3) is 3.21. The summed E-state index contributed by atoms with van der Waals surface area (Å²) < 4.78 is 5.79. The molecule has 8 nitrogen and oxygen atoms in total. The topological polar surface area (TPSA) is 105 Å². The van der Waals surface area contributed by atoms with Crippen molar-refractivity contribution in [2.75, 3.05) is 19.7 Å². The van der Waals surface area contributed by atoms with Crippen LogP contribution in [0.1, 0.15) is 46.4 Å². The highest BCUT2D eigenvalue weighted by molar-refractivity contribution is 6.24. The molecule has 4 amide bonds. The van der Waals surface area contributed by atoms with Crippen molar-refractivity contribution in [3.8, 4) is 5.75 Å². The molecule has 3 aliphatic heterocycles. The van der Waals surface area contributed by atoms with Gasteiger partial charge in [-0.3, -0.25) is 29.4 Å². The van der Waals surface area contributed by atoms with E-state index in [9.17, 15) is 19.2 Å². The van der Waals surface area contributed by atoms with Gasteiger partial charge in [-0.1, -0.05) is 6.07 Å². The Morgan fingerprint density at radius 1 is 1.11 bits per heavy atom. The number of carbonyl (C=O) groups excluding carboxylic acids is 4. The van der Waals surface area contributed by atoms with Crippen LogP contribution in [0.3, 0.4) is 0 Å². The van der Waals surface area contributed by atoms with E-state index in [0.717, 1.165) is 30.8 Å². The highest BCUT2D eigenvalue weighted by Crippen LogP contribution is 2.33. The monoisotopic (exact) mass is 371 g/mol. The van der Waals surface area contributed by atoms with Crippen LogP contribution in [0.5, 0.6) is 5.75 Å². The Morgan fingerprint density at radius 3 is 2.63 bits per heavy atom. The highest BCUT2D eigenvalue weighted by Gasteiger charge is 2.45. The second kappa shape index (κ2) is 7.11. The summed E-state index contributed by atoms with van der Waals surface area (Å²) in [5.41, 5.74) is 0.447. The van der Waals surface area contributed by atoms with Crippen molar-refractivity contribution in [3.63, 3.8) is 0 Å². The second-order valence-electron chi connectivity index (χ2n) is 7.14. The molecule has 2 saturated heterocycles. The van der Waals surface area contributed by atoms with Gasteiger partial charge in [0.25, 0.3) is 11.8 Å². The van der Waals surface area contributed by atoms with Crippen LogP contribution in [-0.2, 0) is 9.59 Å². The number of rotatable bonds is 6. The van der Waals surface area contributed by atoms with E-state index < -0.39 is 29.7 Å². The van der Waals surface area contributed by atoms with Crippen molar-refractivity contribution >= 4 is 23.6 Å². The number of piperidine rings is 1. The van der Waals surface area contributed by atoms with E-state index in [-0.39, 0.29) is 24.0 Å². The minimum atomic E-state index is -0.964. The lowest BCUT2D eigenvalue weighted by Gasteiger charge is -2.27. The summed E-state index contributed by atoms with van der Waals surface area (Å²) in [5, 5.41) is 5.42. The van der Waals surface area contributed by atoms with Crippen LogP contribution in [-0.4, -0.2) is 54.3 Å². The first kappa shape index (κ1) is 17.7. The molecule has 8 heteroatoms. The zero-order valence-corrected chi connectivity index (χ0v) is 14.8. The number of amides is 4. The first-order valence-corrected chi connectivity index (χ1v) is 9.24. The van der Waals surface area contributed by atoms with Crippen molar-refractivity contribution in [2.24, 2.45) is 5.92 Å². The van der Waals surface area contributed by atoms with Gasteiger partial charge in [0, 0.05) is 6.42 Å². The van der Waals surface area contributed by atoms with Gasteiger partial charge in [-0.25, -0.2) is 0 Å². The lowest BCUT2D eigenvalue weighted by Crippen LogP contribution is -2.54. The molecule has 0 spiro atoms. The van der Waals surface area contributed by atoms with E-state index in [0.29, 0.717) is 18.3 Å². The summed E-state index contributed by atoms with van der Waals surface area (Å²) in [4.78, 5) is 50.0. The fourth-order valence-electron chi connectivity index (χ4n) is 3.71. The summed E-state index contributed by atoms with van der Waals surface area (Å²) in [5.74, 6) is -1.01. The van der Waals surface area contributed by atoms with E-state index in [1.54, 1.807) is 18.2 Å². The smallest absolute Gasteiger partial charge is 0.266 e. The molecular formula is C19H21N3O5. The van der Waals surface area contributed by atoms with Crippen LogP contribution in [0.15, 0.2) is 18.2 Å². The summed E-state index contributed by atoms with van der Waals surface area (Å²) in [7, 11) is 0. The second-order valence-corrected chi connectivity index (χ2v) is 7.14. The Kier molecular flexibility index (Phi) is 4.65. The quantitative estimate of drug-likeness (QED) is 0.556. The van der Waals surface area contributed by atoms with Gasteiger partial charge in [0.1, 0.15) is 11.8 Å². The minimum Gasteiger partial charge on any atom is -0.493 e. The summed E-state index contributed by atoms with van der Waals surface area (Å²) >= 11 is 0. The number of carbonyl (C=O) groups is 4. The van der Waals surface area contributed by atoms with Crippen LogP contribution in [0.25, 0.3) is 0 Å². The van der Waals surface area contributed by atoms with Crippen LogP contribution in [0.4, 0.5) is 0 Å². The number of nitrogens with zero attached hydrogens (tertiary/aromatic N) is 1. The summed E-state index contributed by atoms with van der Waals surface area (Å²) in [6.45, 7) is 2.54. The zero-order chi connectivity index (χ0) is 19.0. The predicted molar refractivity (Wildman–Crippen MR) is 94.2 cm³/mol. The lowest BCUT2D eigenvalue weighted by atomic mass is 9.98. The molecule has 27 heavy (non-hydrogen) atoms. The average Bonchev–Trinajstić information content (AvgIpc) is 2.85. The third-order valence-corrected chi connectivity index (χ3v) is 5.31. The van der Waals surface area contributed by atoms with Crippen molar-refractivity contribution in [3.05, 3.63) is 29.3 Å². The molecule has 142 valence electrons. The largest absolute Gasteiger partial charge is 0.493 e. The van der Waals surface area contributed by atoms with Gasteiger partial charge in [-0.15, -0.1) is 0 Å². The number of benzene rings is 1. The molecule has 1 atom stereocenters. The van der Waals surface area contributed by atoms with Crippen molar-refractivity contribution in [1.82, 2.24) is 15.5 Å². The Bertz CT molecular complexity index is 818. The number of ether oxygens (including phenoxy) is 1. The predicted octanol–water partition coefficient (Wildman–Crippen LogP) is 0.466. The maximum atomic E-state index is 12.9. The van der Waals surface area contributed by atoms with Crippen molar-refractivity contribution in [1.29, 1.82) is 0 Å². The van der Waals surface area contributed by atoms with E-state index in [1.165, 1.54) is 0 Å². The van der Waals surface area contributed by atoms with Gasteiger partial charge < -0.3 is 10.1 Å². The van der Waals surface area contributed by atoms with Gasteiger partial charge in [0.15, 0.2) is 0 Å². The van der Waals surface area contributed by atoms with Gasteiger partial charge in [0.2, 0.25) is 11.8 Å². The maximum absolute atomic E-state index is 12.9. The average molecular weight is 371 g/mol. The highest BCUT2D eigenvalue weighted by atomic mass is 16.5. The molecule has 0 radical (unpaired) electrons. The molecule has 1 unspecified atom stereocenters. The molecule has 0 saturated carbocycles. The van der Waals surface area contributed by atoms with Gasteiger partial charge in [-0.2, -0.15) is 0 Å². The Balaban J connectivity index is 1.49. The lowest BCUT2D eigenvalue weighted by molar-refractivity contribution is -0.136. The molecule has 0 bridgehead atoms. The molecule has 4 rings (SSSR count). The van der Waals surface area contributed by atoms with Crippen LogP contribution >= 0.6 is 0 Å². The normalized spacial score (nSPS) is 22.5. The van der Waals surface area contributed by atoms with Crippen LogP contribution in [0, 0.1) is 5.92 Å². The molecular weight excluding hydrogens is 350 g/mol. The number of nitrogens with one attached hydrogen (secondary N) is 2. The van der Waals surface area contributed by atoms with Crippen molar-refractivity contribution < 1.29 is 23.9 Å². The molecule has 0 aliphatic carbocycles. The molecule has 2 fully saturated rings. The van der Waals surface area contributed by atoms with E-state index in [1.807, 2.05) is 0 Å². The SMILES string of the molecule is O=C1CCC(N2C(=O)c3cccc(OCCCC4CNC4)c3C2=O)C(=O)N1. The number of hydrogen-bond acceptors (Lipinski definition) is 6. The van der Waals surface area contributed by atoms with Gasteiger partial charge in [-0.05, 0) is 50.4 Å². The standard InChI is InChI=1S/C19H21N3O5/c23-15-7-6-13(17(24)21-15)22-18(25)12-4-1-5-14(16(12)19(22)26)27-8-2-3-11-9-20-10-11/h1,4-5,11,13,20H,2-3,6-10H2,(H,21,23,24). The first-order chi connectivity index (χ1) is 13.1. The minimum absolute atomic E-state index is 0.100. The zero-order valence-electron chi connectivity index (χ0n) is 14.8. The molecule has 3 heterocycles. The van der Waals surface area contributed by atoms with Crippen LogP contribution < -0.4 is 15.4 Å². The van der Waals surface area contributed by atoms with Gasteiger partial charge in [0.05, 0.1) is 17.7 Å². The Labute approximate surface area is 156 Å². The molecule has 1 aromatic carbocycles. The first-order valence-electron chi connectivity index (χ1n) is 9.24. The molecule has 3 aliphatic rings. The Hall–Kier alpha value is -2.74. The maximum Gasteiger partial charge on any atom is 0.266 e. The van der Waals surface area contributed by atoms with Gasteiger partial charge >= 0.3 is 0 Å². The third-order valence-electron chi connectivity index (χ3n) is 5.31. The van der Waals surface area contributed by atoms with Crippen LogP contribution in [0.2, 0.25) is 0 Å². The summed E-state index contributed by atoms with van der Waals surface area (Å²) in [6, 6.07) is 3.94. The fourth-order valence-corrected chi connectivity index (χ4v) is 3.71. The van der Waals surface area contributed by atoms with E-state index >= 15 is 0 Å². The Morgan fingerprint density at radius 2 is 1.93 bits per heavy atom. The van der Waals surface area contributed by atoms with E-state index in [2.05, 4.69) is 10.6 Å². The molecule has 2 N–H and O–H groups in total.